The van der Waals surface area contributed by atoms with E-state index in [-0.39, 0.29) is 18.4 Å². The van der Waals surface area contributed by atoms with E-state index in [1.807, 2.05) is 0 Å². The molecule has 0 aliphatic carbocycles. The number of carbonyl (C=O) groups excluding carboxylic acids is 1. The molecule has 1 amide bonds. The fraction of sp³-hybridized carbons (Fsp3) is 0.231. The van der Waals surface area contributed by atoms with Gasteiger partial charge in [0.15, 0.2) is 18.4 Å². The first-order valence-corrected chi connectivity index (χ1v) is 5.40. The van der Waals surface area contributed by atoms with Gasteiger partial charge in [0.2, 0.25) is 0 Å². The second-order valence-corrected chi connectivity index (χ2v) is 3.69. The summed E-state index contributed by atoms with van der Waals surface area (Å²) in [5.41, 5.74) is 1.23. The van der Waals surface area contributed by atoms with Gasteiger partial charge in [-0.3, -0.25) is 4.79 Å². The Morgan fingerprint density at radius 1 is 1.44 bits per heavy atom. The molecule has 4 nitrogen and oxygen atoms in total. The number of hydrogen-bond acceptors (Lipinski definition) is 3. The van der Waals surface area contributed by atoms with Gasteiger partial charge in [-0.15, -0.1) is 0 Å². The minimum atomic E-state index is -0.486. The molecule has 1 heterocycles. The number of aliphatic imine (C=N–C) groups is 1. The number of benzene rings is 1. The topological polar surface area (TPSA) is 47.9 Å². The normalized spacial score (nSPS) is 14.6. The molecule has 0 fully saturated rings. The molecule has 0 atom stereocenters. The van der Waals surface area contributed by atoms with Crippen LogP contribution < -0.4 is 4.74 Å². The van der Waals surface area contributed by atoms with Crippen LogP contribution in [0.1, 0.15) is 12.0 Å². The number of hydrogen-bond donors (Lipinski definition) is 0. The van der Waals surface area contributed by atoms with Crippen LogP contribution in [0.3, 0.4) is 0 Å². The Hall–Kier alpha value is -2.01. The van der Waals surface area contributed by atoms with E-state index in [1.54, 1.807) is 12.1 Å². The molecule has 94 valence electrons. The molecule has 1 aromatic carbocycles. The number of rotatable bonds is 4. The summed E-state index contributed by atoms with van der Waals surface area (Å²) in [7, 11) is 1.45. The Morgan fingerprint density at radius 3 is 3.00 bits per heavy atom. The zero-order valence-corrected chi connectivity index (χ0v) is 9.85. The third-order valence-electron chi connectivity index (χ3n) is 2.46. The van der Waals surface area contributed by atoms with E-state index >= 15 is 0 Å². The molecule has 18 heavy (non-hydrogen) atoms. The van der Waals surface area contributed by atoms with Crippen molar-refractivity contribution in [2.24, 2.45) is 4.99 Å². The van der Waals surface area contributed by atoms with E-state index < -0.39 is 5.82 Å². The highest BCUT2D eigenvalue weighted by Gasteiger charge is 2.16. The Bertz CT molecular complexity index is 523. The second-order valence-electron chi connectivity index (χ2n) is 3.69. The number of allylic oxidation sites excluding steroid dienone is 1. The Kier molecular flexibility index (Phi) is 3.84. The Morgan fingerprint density at radius 2 is 2.28 bits per heavy atom. The minimum Gasteiger partial charge on any atom is -0.464 e. The molecule has 5 heteroatoms. The molecular formula is C13H12FNO3. The van der Waals surface area contributed by atoms with E-state index in [2.05, 4.69) is 4.99 Å². The van der Waals surface area contributed by atoms with Crippen LogP contribution in [0.25, 0.3) is 5.57 Å². The summed E-state index contributed by atoms with van der Waals surface area (Å²) in [6, 6.07) is 4.57. The average molecular weight is 249 g/mol. The van der Waals surface area contributed by atoms with E-state index in [4.69, 9.17) is 9.47 Å². The molecule has 0 unspecified atom stereocenters. The van der Waals surface area contributed by atoms with Crippen molar-refractivity contribution < 1.29 is 18.7 Å². The highest BCUT2D eigenvalue weighted by Crippen LogP contribution is 2.31. The van der Waals surface area contributed by atoms with Crippen molar-refractivity contribution in [3.63, 3.8) is 0 Å². The molecule has 2 rings (SSSR count). The van der Waals surface area contributed by atoms with Gasteiger partial charge < -0.3 is 9.47 Å². The van der Waals surface area contributed by atoms with Gasteiger partial charge in [0.05, 0.1) is 0 Å². The molecule has 1 aliphatic rings. The fourth-order valence-electron chi connectivity index (χ4n) is 1.69. The van der Waals surface area contributed by atoms with Crippen molar-refractivity contribution in [1.82, 2.24) is 0 Å². The Balaban J connectivity index is 2.37. The van der Waals surface area contributed by atoms with E-state index in [9.17, 15) is 9.18 Å². The number of amides is 1. The highest BCUT2D eigenvalue weighted by molar-refractivity contribution is 6.05. The quantitative estimate of drug-likeness (QED) is 0.768. The molecule has 0 saturated carbocycles. The highest BCUT2D eigenvalue weighted by atomic mass is 19.1. The maximum Gasteiger partial charge on any atom is 0.269 e. The molecule has 0 radical (unpaired) electrons. The first kappa shape index (κ1) is 12.4. The fourth-order valence-corrected chi connectivity index (χ4v) is 1.69. The molecule has 0 spiro atoms. The van der Waals surface area contributed by atoms with Crippen LogP contribution in [-0.4, -0.2) is 26.0 Å². The van der Waals surface area contributed by atoms with Crippen LogP contribution >= 0.6 is 0 Å². The number of carbonyl (C=O) groups is 1. The van der Waals surface area contributed by atoms with Gasteiger partial charge in [0, 0.05) is 31.4 Å². The molecule has 1 aromatic rings. The van der Waals surface area contributed by atoms with E-state index in [0.29, 0.717) is 17.6 Å². The monoisotopic (exact) mass is 249 g/mol. The molecular weight excluding hydrogens is 237 g/mol. The van der Waals surface area contributed by atoms with Crippen LogP contribution in [0.4, 0.5) is 4.39 Å². The molecule has 0 saturated heterocycles. The van der Waals surface area contributed by atoms with Crippen molar-refractivity contribution in [1.29, 1.82) is 0 Å². The lowest BCUT2D eigenvalue weighted by Crippen LogP contribution is -2.06. The zero-order chi connectivity index (χ0) is 13.0. The maximum atomic E-state index is 13.7. The van der Waals surface area contributed by atoms with Gasteiger partial charge in [0.1, 0.15) is 0 Å². The van der Waals surface area contributed by atoms with Crippen LogP contribution in [0, 0.1) is 5.82 Å². The van der Waals surface area contributed by atoms with Crippen LogP contribution in [-0.2, 0) is 9.53 Å². The minimum absolute atomic E-state index is 0.0523. The summed E-state index contributed by atoms with van der Waals surface area (Å²) in [6.07, 6.45) is 3.36. The van der Waals surface area contributed by atoms with E-state index in [0.717, 1.165) is 0 Å². The number of halogens is 1. The lowest BCUT2D eigenvalue weighted by molar-refractivity contribution is -0.113. The van der Waals surface area contributed by atoms with Crippen molar-refractivity contribution in [2.75, 3.05) is 13.9 Å². The summed E-state index contributed by atoms with van der Waals surface area (Å²) >= 11 is 0. The second kappa shape index (κ2) is 5.55. The van der Waals surface area contributed by atoms with Crippen LogP contribution in [0.5, 0.6) is 5.75 Å². The number of ether oxygens (including phenoxy) is 2. The molecule has 0 N–H and O–H groups in total. The summed E-state index contributed by atoms with van der Waals surface area (Å²) in [4.78, 5) is 14.8. The SMILES string of the molecule is COCOc1c(F)cccc1C1=CC(=O)N=CC1. The molecule has 0 bridgehead atoms. The predicted octanol–water partition coefficient (Wildman–Crippen LogP) is 2.19. The summed E-state index contributed by atoms with van der Waals surface area (Å²) in [6.45, 7) is -0.0523. The first-order chi connectivity index (χ1) is 8.72. The first-order valence-electron chi connectivity index (χ1n) is 5.40. The van der Waals surface area contributed by atoms with Gasteiger partial charge in [-0.2, -0.15) is 0 Å². The van der Waals surface area contributed by atoms with Gasteiger partial charge in [-0.1, -0.05) is 12.1 Å². The van der Waals surface area contributed by atoms with Crippen molar-refractivity contribution in [3.05, 3.63) is 35.7 Å². The van der Waals surface area contributed by atoms with Gasteiger partial charge in [0.25, 0.3) is 5.91 Å². The number of para-hydroxylation sites is 1. The smallest absolute Gasteiger partial charge is 0.269 e. The zero-order valence-electron chi connectivity index (χ0n) is 9.85. The number of nitrogens with zero attached hydrogens (tertiary/aromatic N) is 1. The number of dihydropyridines is 1. The van der Waals surface area contributed by atoms with Gasteiger partial charge in [-0.05, 0) is 11.6 Å². The summed E-state index contributed by atoms with van der Waals surface area (Å²) in [5, 5.41) is 0. The standard InChI is InChI=1S/C13H12FNO3/c1-17-8-18-13-10(3-2-4-11(13)14)9-5-6-15-12(16)7-9/h2-4,6-7H,5,8H2,1H3. The van der Waals surface area contributed by atoms with Crippen LogP contribution in [0.2, 0.25) is 0 Å². The van der Waals surface area contributed by atoms with Crippen LogP contribution in [0.15, 0.2) is 29.3 Å². The predicted molar refractivity (Wildman–Crippen MR) is 65.0 cm³/mol. The van der Waals surface area contributed by atoms with Gasteiger partial charge >= 0.3 is 0 Å². The van der Waals surface area contributed by atoms with Gasteiger partial charge in [-0.25, -0.2) is 9.38 Å². The lowest BCUT2D eigenvalue weighted by atomic mass is 10.00. The van der Waals surface area contributed by atoms with Crippen molar-refractivity contribution in [2.45, 2.75) is 6.42 Å². The summed E-state index contributed by atoms with van der Waals surface area (Å²) < 4.78 is 23.7. The maximum absolute atomic E-state index is 13.7. The molecule has 0 aromatic heterocycles. The lowest BCUT2D eigenvalue weighted by Gasteiger charge is -2.14. The van der Waals surface area contributed by atoms with Crippen molar-refractivity contribution >= 4 is 17.7 Å². The largest absolute Gasteiger partial charge is 0.464 e. The van der Waals surface area contributed by atoms with Crippen molar-refractivity contribution in [3.8, 4) is 5.75 Å². The van der Waals surface area contributed by atoms with E-state index in [1.165, 1.54) is 25.5 Å². The third kappa shape index (κ3) is 2.62. The Labute approximate surface area is 104 Å². The molecule has 1 aliphatic heterocycles. The number of methoxy groups -OCH3 is 1. The average Bonchev–Trinajstić information content (AvgIpc) is 2.37. The summed E-state index contributed by atoms with van der Waals surface area (Å²) in [5.74, 6) is -0.743. The third-order valence-corrected chi connectivity index (χ3v) is 2.46.